The first kappa shape index (κ1) is 18.7. The molecule has 0 amide bonds. The molecule has 1 aromatic carbocycles. The van der Waals surface area contributed by atoms with Gasteiger partial charge in [0.15, 0.2) is 0 Å². The number of nitrogens with one attached hydrogen (secondary N) is 2. The highest BCUT2D eigenvalue weighted by atomic mass is 16.4. The molecule has 7 N–H and O–H groups in total. The molecule has 0 fully saturated rings. The lowest BCUT2D eigenvalue weighted by Crippen LogP contribution is -2.40. The van der Waals surface area contributed by atoms with Crippen LogP contribution in [-0.4, -0.2) is 72.8 Å². The lowest BCUT2D eigenvalue weighted by atomic mass is 10.1. The van der Waals surface area contributed by atoms with Gasteiger partial charge in [-0.05, 0) is 12.1 Å². The number of fused-ring (bicyclic) bond motifs is 1. The Morgan fingerprint density at radius 2 is 2.00 bits per heavy atom. The van der Waals surface area contributed by atoms with Gasteiger partial charge in [0, 0.05) is 17.4 Å². The summed E-state index contributed by atoms with van der Waals surface area (Å²) in [5.74, 6) is -0.155. The van der Waals surface area contributed by atoms with E-state index in [9.17, 15) is 20.4 Å². The van der Waals surface area contributed by atoms with Gasteiger partial charge in [0.2, 0.25) is 11.8 Å². The predicted octanol–water partition coefficient (Wildman–Crippen LogP) is -0.156. The maximum absolute atomic E-state index is 9.97. The van der Waals surface area contributed by atoms with Crippen molar-refractivity contribution in [3.05, 3.63) is 35.5 Å². The number of hydrogen-bond acceptors (Lipinski definition) is 9. The zero-order chi connectivity index (χ0) is 19.4. The molecule has 0 radical (unpaired) electrons. The molecule has 0 saturated heterocycles. The van der Waals surface area contributed by atoms with E-state index in [1.807, 2.05) is 24.3 Å². The van der Waals surface area contributed by atoms with Gasteiger partial charge in [0.05, 0.1) is 18.5 Å². The highest BCUT2D eigenvalue weighted by molar-refractivity contribution is 6.21. The van der Waals surface area contributed by atoms with Gasteiger partial charge in [-0.15, -0.1) is 0 Å². The molecular weight excluding hydrogens is 354 g/mol. The molecule has 0 spiro atoms. The van der Waals surface area contributed by atoms with Crippen molar-refractivity contribution in [3.8, 4) is 5.88 Å². The first-order chi connectivity index (χ1) is 13.0. The number of aromatic hydroxyl groups is 1. The first-order valence-electron chi connectivity index (χ1n) is 8.08. The summed E-state index contributed by atoms with van der Waals surface area (Å²) in [7, 11) is 0. The monoisotopic (exact) mass is 373 g/mol. The van der Waals surface area contributed by atoms with E-state index in [-0.39, 0.29) is 11.8 Å². The third kappa shape index (κ3) is 4.20. The van der Waals surface area contributed by atoms with Crippen LogP contribution in [0.5, 0.6) is 5.88 Å². The summed E-state index contributed by atoms with van der Waals surface area (Å²) in [6.45, 7) is -0.698. The number of aromatic nitrogens is 2. The van der Waals surface area contributed by atoms with Crippen LogP contribution in [0.4, 0.5) is 11.6 Å². The Morgan fingerprint density at radius 1 is 1.22 bits per heavy atom. The van der Waals surface area contributed by atoms with Crippen LogP contribution in [0, 0.1) is 0 Å². The predicted molar refractivity (Wildman–Crippen MR) is 99.9 cm³/mol. The van der Waals surface area contributed by atoms with Crippen LogP contribution < -0.4 is 5.43 Å². The first-order valence-corrected chi connectivity index (χ1v) is 8.08. The van der Waals surface area contributed by atoms with E-state index in [1.54, 1.807) is 12.3 Å². The quantitative estimate of drug-likeness (QED) is 0.261. The van der Waals surface area contributed by atoms with Crippen LogP contribution in [0.3, 0.4) is 0 Å². The molecule has 1 aromatic heterocycles. The Bertz CT molecular complexity index is 892. The fourth-order valence-corrected chi connectivity index (χ4v) is 2.44. The van der Waals surface area contributed by atoms with E-state index in [2.05, 4.69) is 25.5 Å². The van der Waals surface area contributed by atoms with Gasteiger partial charge in [0.1, 0.15) is 24.0 Å². The number of rotatable bonds is 7. The van der Waals surface area contributed by atoms with Crippen molar-refractivity contribution in [3.63, 3.8) is 0 Å². The Morgan fingerprint density at radius 3 is 2.78 bits per heavy atom. The average Bonchev–Trinajstić information content (AvgIpc) is 3.24. The van der Waals surface area contributed by atoms with Crippen LogP contribution in [0.15, 0.2) is 34.4 Å². The molecule has 10 nitrogen and oxygen atoms in total. The second-order valence-electron chi connectivity index (χ2n) is 5.82. The number of aliphatic hydroxyl groups excluding tert-OH is 4. The van der Waals surface area contributed by atoms with Gasteiger partial charge in [-0.25, -0.2) is 5.43 Å². The lowest BCUT2D eigenvalue weighted by Gasteiger charge is -2.17. The van der Waals surface area contributed by atoms with Gasteiger partial charge < -0.3 is 30.5 Å². The molecule has 0 bridgehead atoms. The summed E-state index contributed by atoms with van der Waals surface area (Å²) in [5.41, 5.74) is 5.36. The number of nitrogens with zero attached hydrogens (tertiary/aromatic N) is 3. The van der Waals surface area contributed by atoms with Crippen LogP contribution in [0.25, 0.3) is 11.6 Å². The van der Waals surface area contributed by atoms with E-state index in [4.69, 9.17) is 5.11 Å². The third-order valence-corrected chi connectivity index (χ3v) is 3.90. The molecule has 27 heavy (non-hydrogen) atoms. The molecule has 142 valence electrons. The van der Waals surface area contributed by atoms with Crippen LogP contribution in [-0.2, 0) is 0 Å². The van der Waals surface area contributed by atoms with Gasteiger partial charge >= 0.3 is 0 Å². The smallest absolute Gasteiger partial charge is 0.238 e. The standard InChI is InChI=1S/C17H19N5O5/c23-8-14(25)15(26)13(24)7-19-22-17-20-12(16(27)21-17)5-9-6-18-11-4-2-1-3-10(9)11/h1-7,13-15,23-27H,8H2,(H2,20,21,22)/b9-5+,19-7+. The fraction of sp³-hybridized carbons (Fsp3) is 0.235. The Hall–Kier alpha value is -3.05. The number of H-pyrrole nitrogens is 1. The molecule has 3 unspecified atom stereocenters. The molecule has 0 saturated carbocycles. The summed E-state index contributed by atoms with van der Waals surface area (Å²) in [4.78, 5) is 11.0. The second kappa shape index (κ2) is 8.10. The van der Waals surface area contributed by atoms with Crippen molar-refractivity contribution in [2.45, 2.75) is 18.3 Å². The molecule has 1 aliphatic rings. The summed E-state index contributed by atoms with van der Waals surface area (Å²) >= 11 is 0. The Kier molecular flexibility index (Phi) is 5.62. The molecule has 3 atom stereocenters. The van der Waals surface area contributed by atoms with Crippen molar-refractivity contribution in [1.29, 1.82) is 0 Å². The van der Waals surface area contributed by atoms with Gasteiger partial charge in [-0.2, -0.15) is 10.1 Å². The minimum atomic E-state index is -1.59. The number of aliphatic hydroxyl groups is 4. The minimum absolute atomic E-state index is 0.100. The molecule has 1 aliphatic heterocycles. The topological polar surface area (TPSA) is 167 Å². The second-order valence-corrected chi connectivity index (χ2v) is 5.82. The lowest BCUT2D eigenvalue weighted by molar-refractivity contribution is -0.0541. The third-order valence-electron chi connectivity index (χ3n) is 3.90. The number of benzene rings is 1. The zero-order valence-corrected chi connectivity index (χ0v) is 14.1. The number of aliphatic imine (C=N–C) groups is 1. The van der Waals surface area contributed by atoms with Gasteiger partial charge in [-0.1, -0.05) is 18.2 Å². The number of hydrazone groups is 1. The minimum Gasteiger partial charge on any atom is -0.492 e. The van der Waals surface area contributed by atoms with Crippen molar-refractivity contribution < 1.29 is 25.5 Å². The summed E-state index contributed by atoms with van der Waals surface area (Å²) < 4.78 is 0. The van der Waals surface area contributed by atoms with E-state index < -0.39 is 24.9 Å². The van der Waals surface area contributed by atoms with E-state index >= 15 is 0 Å². The van der Waals surface area contributed by atoms with Crippen LogP contribution >= 0.6 is 0 Å². The number of anilines is 1. The number of aromatic amines is 1. The molecule has 2 aromatic rings. The average molecular weight is 373 g/mol. The van der Waals surface area contributed by atoms with Crippen molar-refractivity contribution in [2.24, 2.45) is 10.1 Å². The SMILES string of the molecule is OCC(O)C(O)C(O)/C=N/Nc1nc(O)c(/C=C2\C=Nc3ccccc32)[nH]1. The largest absolute Gasteiger partial charge is 0.492 e. The number of hydrogen-bond donors (Lipinski definition) is 7. The summed E-state index contributed by atoms with van der Waals surface area (Å²) in [5, 5.41) is 50.8. The van der Waals surface area contributed by atoms with Crippen molar-refractivity contribution >= 4 is 35.7 Å². The molecule has 3 rings (SSSR count). The molecule has 10 heteroatoms. The molecule has 2 heterocycles. The van der Waals surface area contributed by atoms with Gasteiger partial charge in [0.25, 0.3) is 0 Å². The zero-order valence-electron chi connectivity index (χ0n) is 14.1. The summed E-state index contributed by atoms with van der Waals surface area (Å²) in [6, 6.07) is 7.58. The van der Waals surface area contributed by atoms with E-state index in [0.717, 1.165) is 23.0 Å². The van der Waals surface area contributed by atoms with Gasteiger partial charge in [-0.3, -0.25) is 4.99 Å². The number of para-hydroxylation sites is 1. The molecule has 0 aliphatic carbocycles. The highest BCUT2D eigenvalue weighted by Gasteiger charge is 2.22. The van der Waals surface area contributed by atoms with E-state index in [1.165, 1.54) is 0 Å². The van der Waals surface area contributed by atoms with E-state index in [0.29, 0.717) is 5.69 Å². The Labute approximate surface area is 153 Å². The van der Waals surface area contributed by atoms with Crippen LogP contribution in [0.2, 0.25) is 0 Å². The maximum Gasteiger partial charge on any atom is 0.238 e. The van der Waals surface area contributed by atoms with Crippen molar-refractivity contribution in [1.82, 2.24) is 9.97 Å². The fourth-order valence-electron chi connectivity index (χ4n) is 2.44. The molecular formula is C17H19N5O5. The highest BCUT2D eigenvalue weighted by Crippen LogP contribution is 2.33. The normalized spacial score (nSPS) is 18.0. The summed E-state index contributed by atoms with van der Waals surface area (Å²) in [6.07, 6.45) is -0.290. The van der Waals surface area contributed by atoms with Crippen molar-refractivity contribution in [2.75, 3.05) is 12.0 Å². The Balaban J connectivity index is 1.68. The van der Waals surface area contributed by atoms with Crippen LogP contribution in [0.1, 0.15) is 11.3 Å². The number of allylic oxidation sites excluding steroid dienone is 1. The maximum atomic E-state index is 9.97. The number of imidazole rings is 1.